The molecule has 0 aromatic heterocycles. The van der Waals surface area contributed by atoms with Gasteiger partial charge < -0.3 is 4.57 Å². The predicted octanol–water partition coefficient (Wildman–Crippen LogP) is 4.33. The molecule has 3 heteroatoms. The number of nitrogens with zero attached hydrogens (tertiary/aromatic N) is 1. The summed E-state index contributed by atoms with van der Waals surface area (Å²) in [6, 6.07) is 4.06. The van der Waals surface area contributed by atoms with E-state index in [1.807, 2.05) is 0 Å². The Kier molecular flexibility index (Phi) is 6.45. The first-order valence-electron chi connectivity index (χ1n) is 7.70. The second kappa shape index (κ2) is 7.10. The Morgan fingerprint density at radius 1 is 1.12 bits per heavy atom. The molecule has 1 aliphatic carbocycles. The average molecular weight is 272 g/mol. The monoisotopic (exact) mass is 271 g/mol. The molecule has 1 saturated carbocycles. The minimum atomic E-state index is -0.820. The molecule has 1 nitrogen and oxygen atoms in total. The van der Waals surface area contributed by atoms with Gasteiger partial charge in [-0.2, -0.15) is 0 Å². The number of hydrogen-bond donors (Lipinski definition) is 0. The molecule has 102 valence electrons. The molecule has 1 fully saturated rings. The summed E-state index contributed by atoms with van der Waals surface area (Å²) in [6.45, 7) is 13.8. The Bertz CT molecular complexity index is 207. The lowest BCUT2D eigenvalue weighted by Crippen LogP contribution is -2.46. The van der Waals surface area contributed by atoms with Crippen LogP contribution >= 0.6 is 0 Å². The summed E-state index contributed by atoms with van der Waals surface area (Å²) in [5.41, 5.74) is 0. The molecule has 0 bridgehead atoms. The molecule has 0 amide bonds. The lowest BCUT2D eigenvalue weighted by atomic mass is 9.95. The van der Waals surface area contributed by atoms with Crippen molar-refractivity contribution in [3.8, 4) is 0 Å². The summed E-state index contributed by atoms with van der Waals surface area (Å²) in [7, 11) is -1.44. The third-order valence-corrected chi connectivity index (χ3v) is 9.70. The number of rotatable bonds is 6. The van der Waals surface area contributed by atoms with Gasteiger partial charge in [-0.05, 0) is 25.4 Å². The van der Waals surface area contributed by atoms with Crippen LogP contribution in [0.1, 0.15) is 39.0 Å². The first-order valence-corrected chi connectivity index (χ1v) is 13.9. The molecular weight excluding hydrogens is 238 g/mol. The summed E-state index contributed by atoms with van der Waals surface area (Å²) < 4.78 is 2.93. The molecule has 1 rings (SSSR count). The molecule has 1 aliphatic rings. The third kappa shape index (κ3) is 5.71. The van der Waals surface area contributed by atoms with E-state index in [0.717, 1.165) is 6.04 Å². The molecule has 0 N–H and O–H groups in total. The molecule has 0 radical (unpaired) electrons. The van der Waals surface area contributed by atoms with Crippen molar-refractivity contribution in [2.24, 2.45) is 0 Å². The van der Waals surface area contributed by atoms with Crippen LogP contribution < -0.4 is 0 Å². The van der Waals surface area contributed by atoms with Gasteiger partial charge in [0.1, 0.15) is 8.96 Å². The van der Waals surface area contributed by atoms with E-state index in [2.05, 4.69) is 37.7 Å². The molecule has 1 atom stereocenters. The van der Waals surface area contributed by atoms with Crippen molar-refractivity contribution in [1.29, 1.82) is 0 Å². The summed E-state index contributed by atoms with van der Waals surface area (Å²) in [5, 5.41) is 0. The molecule has 0 aromatic carbocycles. The Balaban J connectivity index is 2.42. The normalized spacial score (nSPS) is 20.8. The van der Waals surface area contributed by atoms with Crippen LogP contribution in [0.3, 0.4) is 0 Å². The Morgan fingerprint density at radius 3 is 2.18 bits per heavy atom. The van der Waals surface area contributed by atoms with Gasteiger partial charge in [-0.3, -0.25) is 0 Å². The van der Waals surface area contributed by atoms with Crippen LogP contribution in [0.25, 0.3) is 0 Å². The zero-order valence-electron chi connectivity index (χ0n) is 12.8. The molecule has 0 aliphatic heterocycles. The van der Waals surface area contributed by atoms with E-state index >= 15 is 0 Å². The maximum Gasteiger partial charge on any atom is 0.108 e. The van der Waals surface area contributed by atoms with Crippen molar-refractivity contribution in [2.45, 2.75) is 83.3 Å². The highest BCUT2D eigenvalue weighted by Crippen LogP contribution is 2.25. The maximum atomic E-state index is 2.93. The van der Waals surface area contributed by atoms with Crippen molar-refractivity contribution in [1.82, 2.24) is 4.57 Å². The average Bonchev–Trinajstić information content (AvgIpc) is 2.28. The Labute approximate surface area is 112 Å². The fourth-order valence-corrected chi connectivity index (χ4v) is 10.3. The fraction of sp³-hybridized carbons (Fsp3) is 1.00. The fourth-order valence-electron chi connectivity index (χ4n) is 3.15. The molecular formula is C14H33NSi2. The van der Waals surface area contributed by atoms with E-state index in [4.69, 9.17) is 0 Å². The van der Waals surface area contributed by atoms with Gasteiger partial charge in [-0.25, -0.2) is 0 Å². The Hall–Kier alpha value is 0.394. The summed E-state index contributed by atoms with van der Waals surface area (Å²) in [6.07, 6.45) is 7.42. The van der Waals surface area contributed by atoms with Gasteiger partial charge >= 0.3 is 0 Å². The zero-order valence-corrected chi connectivity index (χ0v) is 14.9. The van der Waals surface area contributed by atoms with Crippen molar-refractivity contribution in [3.05, 3.63) is 0 Å². The van der Waals surface area contributed by atoms with Crippen LogP contribution in [0.2, 0.25) is 38.3 Å². The first kappa shape index (κ1) is 15.5. The number of hydrogen-bond acceptors (Lipinski definition) is 1. The van der Waals surface area contributed by atoms with Crippen LogP contribution in [-0.2, 0) is 0 Å². The summed E-state index contributed by atoms with van der Waals surface area (Å²) >= 11 is 0. The topological polar surface area (TPSA) is 3.24 Å². The molecule has 0 heterocycles. The van der Waals surface area contributed by atoms with E-state index in [1.165, 1.54) is 38.6 Å². The van der Waals surface area contributed by atoms with Gasteiger partial charge in [-0.15, -0.1) is 0 Å². The highest BCUT2D eigenvalue weighted by Gasteiger charge is 2.25. The van der Waals surface area contributed by atoms with Crippen LogP contribution in [0.5, 0.6) is 0 Å². The molecule has 17 heavy (non-hydrogen) atoms. The van der Waals surface area contributed by atoms with Crippen LogP contribution in [0, 0.1) is 0 Å². The van der Waals surface area contributed by atoms with E-state index < -0.39 is 17.0 Å². The largest absolute Gasteiger partial charge is 0.324 e. The molecule has 0 aromatic rings. The lowest BCUT2D eigenvalue weighted by Gasteiger charge is -2.38. The third-order valence-electron chi connectivity index (χ3n) is 4.29. The van der Waals surface area contributed by atoms with Crippen LogP contribution in [0.15, 0.2) is 0 Å². The van der Waals surface area contributed by atoms with Gasteiger partial charge in [-0.1, -0.05) is 58.4 Å². The Morgan fingerprint density at radius 2 is 1.71 bits per heavy atom. The predicted molar refractivity (Wildman–Crippen MR) is 85.2 cm³/mol. The zero-order chi connectivity index (χ0) is 12.9. The first-order chi connectivity index (χ1) is 7.94. The van der Waals surface area contributed by atoms with Crippen molar-refractivity contribution < 1.29 is 0 Å². The molecule has 0 spiro atoms. The van der Waals surface area contributed by atoms with Crippen LogP contribution in [0.4, 0.5) is 0 Å². The molecule has 1 unspecified atom stereocenters. The van der Waals surface area contributed by atoms with Crippen molar-refractivity contribution in [2.75, 3.05) is 6.54 Å². The minimum Gasteiger partial charge on any atom is -0.324 e. The molecule has 0 saturated heterocycles. The SMILES string of the molecule is CCN(C1CCCCC1)[SiH](C)CC[Si](C)(C)C. The summed E-state index contributed by atoms with van der Waals surface area (Å²) in [4.78, 5) is 0. The van der Waals surface area contributed by atoms with Crippen molar-refractivity contribution in [3.63, 3.8) is 0 Å². The minimum absolute atomic E-state index is 0.622. The standard InChI is InChI=1S/C14H33NSi2/c1-6-15(14-10-8-7-9-11-14)16(2)12-13-17(3,4)5/h14,16H,6-13H2,1-5H3. The van der Waals surface area contributed by atoms with Gasteiger partial charge in [0, 0.05) is 14.1 Å². The van der Waals surface area contributed by atoms with E-state index in [9.17, 15) is 0 Å². The van der Waals surface area contributed by atoms with Gasteiger partial charge in [0.05, 0.1) is 0 Å². The highest BCUT2D eigenvalue weighted by atomic mass is 28.3. The van der Waals surface area contributed by atoms with Crippen LogP contribution in [-0.4, -0.2) is 34.2 Å². The second-order valence-electron chi connectivity index (χ2n) is 7.07. The second-order valence-corrected chi connectivity index (χ2v) is 15.6. The van der Waals surface area contributed by atoms with Gasteiger partial charge in [0.2, 0.25) is 0 Å². The maximum absolute atomic E-state index is 2.93. The lowest BCUT2D eigenvalue weighted by molar-refractivity contribution is 0.260. The van der Waals surface area contributed by atoms with E-state index in [1.54, 1.807) is 12.1 Å². The highest BCUT2D eigenvalue weighted by molar-refractivity contribution is 6.77. The summed E-state index contributed by atoms with van der Waals surface area (Å²) in [5.74, 6) is 0. The quantitative estimate of drug-likeness (QED) is 0.650. The van der Waals surface area contributed by atoms with Gasteiger partial charge in [0.15, 0.2) is 0 Å². The smallest absolute Gasteiger partial charge is 0.108 e. The van der Waals surface area contributed by atoms with Gasteiger partial charge in [0.25, 0.3) is 0 Å². The van der Waals surface area contributed by atoms with Crippen molar-refractivity contribution >= 4 is 17.0 Å². The van der Waals surface area contributed by atoms with E-state index in [0.29, 0.717) is 0 Å². The van der Waals surface area contributed by atoms with E-state index in [-0.39, 0.29) is 0 Å².